The minimum atomic E-state index is -1.01. The molecule has 0 amide bonds. The van der Waals surface area contributed by atoms with Crippen LogP contribution >= 0.6 is 23.2 Å². The third kappa shape index (κ3) is 2.49. The number of benzene rings is 1. The second-order valence-electron chi connectivity index (χ2n) is 3.85. The predicted molar refractivity (Wildman–Crippen MR) is 69.5 cm³/mol. The summed E-state index contributed by atoms with van der Waals surface area (Å²) in [4.78, 5) is 15.1. The van der Waals surface area contributed by atoms with Crippen molar-refractivity contribution in [3.05, 3.63) is 51.5 Å². The fourth-order valence-corrected chi connectivity index (χ4v) is 2.10. The Bertz CT molecular complexity index is 608. The molecule has 0 aliphatic rings. The van der Waals surface area contributed by atoms with Gasteiger partial charge in [-0.2, -0.15) is 0 Å². The predicted octanol–water partition coefficient (Wildman–Crippen LogP) is 3.24. The molecule has 0 saturated carbocycles. The molecular weight excluding hydrogens is 275 g/mol. The van der Waals surface area contributed by atoms with Crippen LogP contribution in [0, 0.1) is 6.92 Å². The number of nitrogens with zero attached hydrogens (tertiary/aromatic N) is 2. The largest absolute Gasteiger partial charge is 0.477 e. The van der Waals surface area contributed by atoms with Crippen LogP contribution in [0.3, 0.4) is 0 Å². The highest BCUT2D eigenvalue weighted by molar-refractivity contribution is 6.33. The number of carboxylic acids is 1. The first-order valence-corrected chi connectivity index (χ1v) is 5.93. The van der Waals surface area contributed by atoms with Crippen molar-refractivity contribution in [2.75, 3.05) is 0 Å². The third-order valence-corrected chi connectivity index (χ3v) is 3.18. The van der Waals surface area contributed by atoms with Crippen LogP contribution in [0.25, 0.3) is 0 Å². The minimum absolute atomic E-state index is 0.158. The fraction of sp³-hybridized carbons (Fsp3) is 0.167. The van der Waals surface area contributed by atoms with Crippen LogP contribution in [0.5, 0.6) is 0 Å². The van der Waals surface area contributed by atoms with Crippen molar-refractivity contribution in [1.29, 1.82) is 0 Å². The van der Waals surface area contributed by atoms with Gasteiger partial charge in [-0.05, 0) is 30.7 Å². The Balaban J connectivity index is 2.40. The Hall–Kier alpha value is -1.52. The maximum absolute atomic E-state index is 11.1. The molecule has 0 unspecified atom stereocenters. The summed E-state index contributed by atoms with van der Waals surface area (Å²) in [6, 6.07) is 5.08. The molecule has 0 fully saturated rings. The number of hydrogen-bond donors (Lipinski definition) is 1. The molecule has 94 valence electrons. The normalized spacial score (nSPS) is 10.6. The molecule has 2 aromatic rings. The van der Waals surface area contributed by atoms with Crippen molar-refractivity contribution in [2.24, 2.45) is 0 Å². The third-order valence-electron chi connectivity index (χ3n) is 2.57. The Labute approximate surface area is 114 Å². The van der Waals surface area contributed by atoms with E-state index >= 15 is 0 Å². The lowest BCUT2D eigenvalue weighted by Gasteiger charge is -2.08. The topological polar surface area (TPSA) is 55.1 Å². The Morgan fingerprint density at radius 3 is 2.83 bits per heavy atom. The molecule has 6 heteroatoms. The van der Waals surface area contributed by atoms with Crippen molar-refractivity contribution in [2.45, 2.75) is 13.5 Å². The second-order valence-corrected chi connectivity index (χ2v) is 4.69. The zero-order chi connectivity index (χ0) is 13.3. The van der Waals surface area contributed by atoms with Gasteiger partial charge < -0.3 is 9.67 Å². The van der Waals surface area contributed by atoms with Crippen molar-refractivity contribution in [3.8, 4) is 0 Å². The summed E-state index contributed by atoms with van der Waals surface area (Å²) >= 11 is 11.9. The van der Waals surface area contributed by atoms with E-state index in [4.69, 9.17) is 28.3 Å². The Morgan fingerprint density at radius 2 is 2.17 bits per heavy atom. The molecule has 4 nitrogen and oxygen atoms in total. The van der Waals surface area contributed by atoms with Crippen LogP contribution in [0.2, 0.25) is 10.0 Å². The SMILES string of the molecule is Cc1ncn(Cc2cc(Cl)ccc2Cl)c1C(=O)O. The average molecular weight is 285 g/mol. The molecule has 0 saturated heterocycles. The summed E-state index contributed by atoms with van der Waals surface area (Å²) in [5.74, 6) is -1.01. The van der Waals surface area contributed by atoms with E-state index in [0.29, 0.717) is 22.3 Å². The molecule has 0 aliphatic carbocycles. The number of carboxylic acid groups (broad SMARTS) is 1. The zero-order valence-corrected chi connectivity index (χ0v) is 11.0. The first kappa shape index (κ1) is 12.9. The molecular formula is C12H10Cl2N2O2. The van der Waals surface area contributed by atoms with Gasteiger partial charge >= 0.3 is 5.97 Å². The van der Waals surface area contributed by atoms with E-state index in [1.54, 1.807) is 25.1 Å². The smallest absolute Gasteiger partial charge is 0.354 e. The molecule has 2 rings (SSSR count). The Kier molecular flexibility index (Phi) is 3.59. The molecule has 18 heavy (non-hydrogen) atoms. The lowest BCUT2D eigenvalue weighted by Crippen LogP contribution is -2.10. The van der Waals surface area contributed by atoms with Gasteiger partial charge in [0.1, 0.15) is 5.69 Å². The molecule has 1 N–H and O–H groups in total. The van der Waals surface area contributed by atoms with Crippen LogP contribution in [0.15, 0.2) is 24.5 Å². The quantitative estimate of drug-likeness (QED) is 0.941. The minimum Gasteiger partial charge on any atom is -0.477 e. The van der Waals surface area contributed by atoms with E-state index < -0.39 is 5.97 Å². The number of aromatic carboxylic acids is 1. The van der Waals surface area contributed by atoms with Crippen molar-refractivity contribution in [3.63, 3.8) is 0 Å². The van der Waals surface area contributed by atoms with Crippen molar-refractivity contribution in [1.82, 2.24) is 9.55 Å². The summed E-state index contributed by atoms with van der Waals surface area (Å²) in [5.41, 5.74) is 1.38. The number of hydrogen-bond acceptors (Lipinski definition) is 2. The highest BCUT2D eigenvalue weighted by atomic mass is 35.5. The number of aromatic nitrogens is 2. The standard InChI is InChI=1S/C12H10Cl2N2O2/c1-7-11(12(17)18)16(6-15-7)5-8-4-9(13)2-3-10(8)14/h2-4,6H,5H2,1H3,(H,17,18). The molecule has 1 aromatic heterocycles. The molecule has 0 atom stereocenters. The van der Waals surface area contributed by atoms with Crippen LogP contribution in [0.4, 0.5) is 0 Å². The number of imidazole rings is 1. The number of rotatable bonds is 3. The van der Waals surface area contributed by atoms with Gasteiger partial charge in [0.15, 0.2) is 0 Å². The first-order chi connectivity index (χ1) is 8.49. The van der Waals surface area contributed by atoms with E-state index in [1.165, 1.54) is 10.9 Å². The Morgan fingerprint density at radius 1 is 1.44 bits per heavy atom. The molecule has 0 bridgehead atoms. The lowest BCUT2D eigenvalue weighted by molar-refractivity contribution is 0.0685. The van der Waals surface area contributed by atoms with Gasteiger partial charge in [0.25, 0.3) is 0 Å². The molecule has 0 spiro atoms. The number of halogens is 2. The average Bonchev–Trinajstić information content (AvgIpc) is 2.65. The summed E-state index contributed by atoms with van der Waals surface area (Å²) in [7, 11) is 0. The zero-order valence-electron chi connectivity index (χ0n) is 9.52. The number of carbonyl (C=O) groups is 1. The lowest BCUT2D eigenvalue weighted by atomic mass is 10.2. The van der Waals surface area contributed by atoms with Crippen molar-refractivity contribution < 1.29 is 9.90 Å². The molecule has 0 aliphatic heterocycles. The van der Waals surface area contributed by atoms with Crippen LogP contribution in [-0.4, -0.2) is 20.6 Å². The van der Waals surface area contributed by atoms with E-state index in [0.717, 1.165) is 5.56 Å². The van der Waals surface area contributed by atoms with Gasteiger partial charge in [0.2, 0.25) is 0 Å². The fourth-order valence-electron chi connectivity index (χ4n) is 1.73. The van der Waals surface area contributed by atoms with Crippen LogP contribution in [-0.2, 0) is 6.54 Å². The van der Waals surface area contributed by atoms with E-state index in [2.05, 4.69) is 4.98 Å². The van der Waals surface area contributed by atoms with Crippen LogP contribution < -0.4 is 0 Å². The van der Waals surface area contributed by atoms with Crippen LogP contribution in [0.1, 0.15) is 21.7 Å². The molecule has 1 heterocycles. The van der Waals surface area contributed by atoms with Gasteiger partial charge in [-0.15, -0.1) is 0 Å². The molecule has 1 aromatic carbocycles. The van der Waals surface area contributed by atoms with E-state index in [9.17, 15) is 4.79 Å². The first-order valence-electron chi connectivity index (χ1n) is 5.18. The van der Waals surface area contributed by atoms with Gasteiger partial charge in [-0.25, -0.2) is 9.78 Å². The maximum atomic E-state index is 11.1. The van der Waals surface area contributed by atoms with Gasteiger partial charge in [0.05, 0.1) is 18.6 Å². The van der Waals surface area contributed by atoms with Crippen molar-refractivity contribution >= 4 is 29.2 Å². The highest BCUT2D eigenvalue weighted by Crippen LogP contribution is 2.22. The van der Waals surface area contributed by atoms with Gasteiger partial charge in [-0.1, -0.05) is 23.2 Å². The van der Waals surface area contributed by atoms with E-state index in [1.807, 2.05) is 0 Å². The summed E-state index contributed by atoms with van der Waals surface area (Å²) in [6.45, 7) is 1.97. The van der Waals surface area contributed by atoms with E-state index in [-0.39, 0.29) is 5.69 Å². The van der Waals surface area contributed by atoms with Gasteiger partial charge in [0, 0.05) is 10.0 Å². The summed E-state index contributed by atoms with van der Waals surface area (Å²) in [6.07, 6.45) is 1.48. The monoisotopic (exact) mass is 284 g/mol. The summed E-state index contributed by atoms with van der Waals surface area (Å²) in [5, 5.41) is 10.2. The number of aryl methyl sites for hydroxylation is 1. The second kappa shape index (κ2) is 5.00. The molecule has 0 radical (unpaired) electrons. The maximum Gasteiger partial charge on any atom is 0.354 e. The summed E-state index contributed by atoms with van der Waals surface area (Å²) < 4.78 is 1.54. The highest BCUT2D eigenvalue weighted by Gasteiger charge is 2.15. The van der Waals surface area contributed by atoms with Gasteiger partial charge in [-0.3, -0.25) is 0 Å².